The third kappa shape index (κ3) is 2.76. The molecule has 0 fully saturated rings. The first-order chi connectivity index (χ1) is 8.58. The second kappa shape index (κ2) is 5.31. The van der Waals surface area contributed by atoms with E-state index in [0.29, 0.717) is 0 Å². The van der Waals surface area contributed by atoms with E-state index in [4.69, 9.17) is 0 Å². The fourth-order valence-corrected chi connectivity index (χ4v) is 2.09. The van der Waals surface area contributed by atoms with Crippen LogP contribution in [0.4, 0.5) is 4.39 Å². The van der Waals surface area contributed by atoms with Gasteiger partial charge in [-0.15, -0.1) is 0 Å². The molecule has 18 heavy (non-hydrogen) atoms. The van der Waals surface area contributed by atoms with Crippen molar-refractivity contribution in [1.29, 1.82) is 0 Å². The van der Waals surface area contributed by atoms with E-state index in [2.05, 4.69) is 24.1 Å². The molecule has 4 heteroatoms. The summed E-state index contributed by atoms with van der Waals surface area (Å²) in [6.07, 6.45) is 3.71. The van der Waals surface area contributed by atoms with Gasteiger partial charge in [0.15, 0.2) is 0 Å². The quantitative estimate of drug-likeness (QED) is 0.900. The molecule has 0 aliphatic heterocycles. The Labute approximate surface area is 107 Å². The fourth-order valence-electron chi connectivity index (χ4n) is 2.09. The van der Waals surface area contributed by atoms with Gasteiger partial charge in [0.1, 0.15) is 11.6 Å². The number of benzene rings is 1. The summed E-state index contributed by atoms with van der Waals surface area (Å²) in [6, 6.07) is 6.87. The van der Waals surface area contributed by atoms with Crippen molar-refractivity contribution < 1.29 is 4.39 Å². The summed E-state index contributed by atoms with van der Waals surface area (Å²) < 4.78 is 14.9. The SMILES string of the molecule is CC(NC(C)c1nccn1C)c1ccc(F)cc1. The molecule has 2 rings (SSSR count). The van der Waals surface area contributed by atoms with Crippen molar-refractivity contribution in [2.75, 3.05) is 0 Å². The maximum atomic E-state index is 12.9. The van der Waals surface area contributed by atoms with E-state index >= 15 is 0 Å². The predicted octanol–water partition coefficient (Wildman–Crippen LogP) is 2.97. The highest BCUT2D eigenvalue weighted by Gasteiger charge is 2.14. The van der Waals surface area contributed by atoms with Gasteiger partial charge in [-0.05, 0) is 31.5 Å². The molecule has 0 aliphatic carbocycles. The minimum Gasteiger partial charge on any atom is -0.337 e. The van der Waals surface area contributed by atoms with Crippen molar-refractivity contribution in [3.63, 3.8) is 0 Å². The van der Waals surface area contributed by atoms with E-state index < -0.39 is 0 Å². The lowest BCUT2D eigenvalue weighted by Gasteiger charge is -2.20. The van der Waals surface area contributed by atoms with Crippen molar-refractivity contribution in [3.8, 4) is 0 Å². The lowest BCUT2D eigenvalue weighted by Crippen LogP contribution is -2.24. The lowest BCUT2D eigenvalue weighted by atomic mass is 10.1. The first-order valence-corrected chi connectivity index (χ1v) is 6.06. The molecule has 0 bridgehead atoms. The van der Waals surface area contributed by atoms with Gasteiger partial charge in [-0.2, -0.15) is 0 Å². The summed E-state index contributed by atoms with van der Waals surface area (Å²) in [6.45, 7) is 4.13. The van der Waals surface area contributed by atoms with Crippen molar-refractivity contribution >= 4 is 0 Å². The van der Waals surface area contributed by atoms with Crippen molar-refractivity contribution in [1.82, 2.24) is 14.9 Å². The Bertz CT molecular complexity index is 504. The van der Waals surface area contributed by atoms with Crippen LogP contribution in [0.2, 0.25) is 0 Å². The van der Waals surface area contributed by atoms with E-state index in [1.807, 2.05) is 17.8 Å². The van der Waals surface area contributed by atoms with Gasteiger partial charge in [0.25, 0.3) is 0 Å². The van der Waals surface area contributed by atoms with E-state index in [0.717, 1.165) is 11.4 Å². The fraction of sp³-hybridized carbons (Fsp3) is 0.357. The highest BCUT2D eigenvalue weighted by atomic mass is 19.1. The third-order valence-corrected chi connectivity index (χ3v) is 3.12. The largest absolute Gasteiger partial charge is 0.337 e. The zero-order chi connectivity index (χ0) is 13.1. The first-order valence-electron chi connectivity index (χ1n) is 6.06. The van der Waals surface area contributed by atoms with Crippen LogP contribution in [-0.2, 0) is 7.05 Å². The molecule has 1 aromatic carbocycles. The van der Waals surface area contributed by atoms with Gasteiger partial charge >= 0.3 is 0 Å². The number of aromatic nitrogens is 2. The number of hydrogen-bond donors (Lipinski definition) is 1. The zero-order valence-corrected chi connectivity index (χ0v) is 10.9. The molecule has 96 valence electrons. The molecule has 2 aromatic rings. The van der Waals surface area contributed by atoms with Gasteiger partial charge in [-0.3, -0.25) is 0 Å². The predicted molar refractivity (Wildman–Crippen MR) is 69.6 cm³/mol. The van der Waals surface area contributed by atoms with Crippen LogP contribution in [-0.4, -0.2) is 9.55 Å². The average Bonchev–Trinajstić information content (AvgIpc) is 2.76. The lowest BCUT2D eigenvalue weighted by molar-refractivity contribution is 0.466. The van der Waals surface area contributed by atoms with E-state index in [9.17, 15) is 4.39 Å². The van der Waals surface area contributed by atoms with Gasteiger partial charge in [0.2, 0.25) is 0 Å². The molecular weight excluding hydrogens is 229 g/mol. The minimum absolute atomic E-state index is 0.144. The van der Waals surface area contributed by atoms with E-state index in [1.165, 1.54) is 12.1 Å². The molecule has 1 heterocycles. The zero-order valence-electron chi connectivity index (χ0n) is 10.9. The number of aryl methyl sites for hydroxylation is 1. The summed E-state index contributed by atoms with van der Waals surface area (Å²) >= 11 is 0. The third-order valence-electron chi connectivity index (χ3n) is 3.12. The van der Waals surface area contributed by atoms with Gasteiger partial charge < -0.3 is 9.88 Å². The number of nitrogens with one attached hydrogen (secondary N) is 1. The summed E-state index contributed by atoms with van der Waals surface area (Å²) in [7, 11) is 1.98. The molecule has 0 amide bonds. The molecule has 0 radical (unpaired) electrons. The van der Waals surface area contributed by atoms with Crippen molar-refractivity contribution in [2.45, 2.75) is 25.9 Å². The molecule has 1 aromatic heterocycles. The van der Waals surface area contributed by atoms with Gasteiger partial charge in [-0.1, -0.05) is 12.1 Å². The molecule has 0 spiro atoms. The van der Waals surface area contributed by atoms with Crippen LogP contribution in [0.5, 0.6) is 0 Å². The maximum absolute atomic E-state index is 12.9. The Morgan fingerprint density at radius 1 is 1.17 bits per heavy atom. The summed E-state index contributed by atoms with van der Waals surface area (Å²) in [5.74, 6) is 0.784. The maximum Gasteiger partial charge on any atom is 0.125 e. The van der Waals surface area contributed by atoms with Crippen LogP contribution in [0, 0.1) is 5.82 Å². The van der Waals surface area contributed by atoms with Crippen LogP contribution in [0.3, 0.4) is 0 Å². The summed E-state index contributed by atoms with van der Waals surface area (Å²) in [5, 5.41) is 3.45. The standard InChI is InChI=1S/C14H18FN3/c1-10(12-4-6-13(15)7-5-12)17-11(2)14-16-8-9-18(14)3/h4-11,17H,1-3H3. The molecule has 0 aliphatic rings. The molecule has 2 unspecified atom stereocenters. The smallest absolute Gasteiger partial charge is 0.125 e. The Morgan fingerprint density at radius 2 is 1.83 bits per heavy atom. The second-order valence-electron chi connectivity index (χ2n) is 4.56. The van der Waals surface area contributed by atoms with Crippen LogP contribution < -0.4 is 5.32 Å². The number of rotatable bonds is 4. The number of hydrogen-bond acceptors (Lipinski definition) is 2. The first kappa shape index (κ1) is 12.8. The topological polar surface area (TPSA) is 29.9 Å². The van der Waals surface area contributed by atoms with E-state index in [1.54, 1.807) is 18.3 Å². The average molecular weight is 247 g/mol. The number of halogens is 1. The Balaban J connectivity index is 2.05. The highest BCUT2D eigenvalue weighted by Crippen LogP contribution is 2.18. The van der Waals surface area contributed by atoms with Crippen LogP contribution in [0.25, 0.3) is 0 Å². The molecule has 3 nitrogen and oxygen atoms in total. The number of nitrogens with zero attached hydrogens (tertiary/aromatic N) is 2. The Kier molecular flexibility index (Phi) is 3.77. The Morgan fingerprint density at radius 3 is 2.39 bits per heavy atom. The van der Waals surface area contributed by atoms with Crippen LogP contribution in [0.15, 0.2) is 36.7 Å². The molecular formula is C14H18FN3. The highest BCUT2D eigenvalue weighted by molar-refractivity contribution is 5.19. The second-order valence-corrected chi connectivity index (χ2v) is 4.56. The molecule has 2 atom stereocenters. The molecule has 0 saturated heterocycles. The van der Waals surface area contributed by atoms with Crippen LogP contribution in [0.1, 0.15) is 37.3 Å². The van der Waals surface area contributed by atoms with Crippen molar-refractivity contribution in [3.05, 3.63) is 53.9 Å². The van der Waals surface area contributed by atoms with Crippen LogP contribution >= 0.6 is 0 Å². The normalized spacial score (nSPS) is 14.4. The monoisotopic (exact) mass is 247 g/mol. The van der Waals surface area contributed by atoms with Gasteiger partial charge in [0, 0.05) is 25.5 Å². The van der Waals surface area contributed by atoms with Crippen molar-refractivity contribution in [2.24, 2.45) is 7.05 Å². The minimum atomic E-state index is -0.205. The number of imidazole rings is 1. The molecule has 0 saturated carbocycles. The Hall–Kier alpha value is -1.68. The van der Waals surface area contributed by atoms with E-state index in [-0.39, 0.29) is 17.9 Å². The summed E-state index contributed by atoms with van der Waals surface area (Å²) in [4.78, 5) is 4.32. The molecule has 1 N–H and O–H groups in total. The summed E-state index contributed by atoms with van der Waals surface area (Å²) in [5.41, 5.74) is 1.07. The van der Waals surface area contributed by atoms with Gasteiger partial charge in [-0.25, -0.2) is 9.37 Å². The van der Waals surface area contributed by atoms with Gasteiger partial charge in [0.05, 0.1) is 6.04 Å².